The number of rotatable bonds is 5. The molecule has 4 nitrogen and oxygen atoms in total. The third-order valence-electron chi connectivity index (χ3n) is 3.48. The molecule has 1 aliphatic rings. The van der Waals surface area contributed by atoms with E-state index < -0.39 is 0 Å². The van der Waals surface area contributed by atoms with Crippen LogP contribution in [0, 0.1) is 0 Å². The van der Waals surface area contributed by atoms with Crippen molar-refractivity contribution < 1.29 is 9.53 Å². The Balaban J connectivity index is 2.11. The Kier molecular flexibility index (Phi) is 4.43. The van der Waals surface area contributed by atoms with Crippen LogP contribution in [0.3, 0.4) is 0 Å². The summed E-state index contributed by atoms with van der Waals surface area (Å²) in [7, 11) is 1.85. The molecule has 1 fully saturated rings. The molecule has 0 aromatic heterocycles. The first-order valence-corrected chi connectivity index (χ1v) is 6.92. The Hall–Kier alpha value is -1.55. The van der Waals surface area contributed by atoms with Gasteiger partial charge < -0.3 is 9.64 Å². The Morgan fingerprint density at radius 2 is 1.95 bits per heavy atom. The first-order chi connectivity index (χ1) is 9.17. The highest BCUT2D eigenvalue weighted by molar-refractivity contribution is 5.84. The van der Waals surface area contributed by atoms with Crippen LogP contribution in [-0.2, 0) is 4.79 Å². The molecule has 104 valence electrons. The minimum atomic E-state index is -0.0495. The Morgan fingerprint density at radius 1 is 1.26 bits per heavy atom. The molecule has 1 amide bonds. The minimum Gasteiger partial charge on any atom is -0.494 e. The molecule has 2 atom stereocenters. The fourth-order valence-corrected chi connectivity index (χ4v) is 2.48. The molecule has 1 saturated heterocycles. The summed E-state index contributed by atoms with van der Waals surface area (Å²) in [5, 5.41) is 3.39. The highest BCUT2D eigenvalue weighted by Gasteiger charge is 2.36. The highest BCUT2D eigenvalue weighted by atomic mass is 16.5. The van der Waals surface area contributed by atoms with E-state index in [2.05, 4.69) is 12.2 Å². The van der Waals surface area contributed by atoms with E-state index in [0.29, 0.717) is 6.61 Å². The molecule has 19 heavy (non-hydrogen) atoms. The summed E-state index contributed by atoms with van der Waals surface area (Å²) < 4.78 is 5.43. The molecule has 0 saturated carbocycles. The smallest absolute Gasteiger partial charge is 0.241 e. The second-order valence-electron chi connectivity index (χ2n) is 4.86. The van der Waals surface area contributed by atoms with E-state index in [1.807, 2.05) is 38.2 Å². The van der Waals surface area contributed by atoms with Crippen molar-refractivity contribution in [3.05, 3.63) is 29.8 Å². The van der Waals surface area contributed by atoms with Gasteiger partial charge in [0.25, 0.3) is 0 Å². The summed E-state index contributed by atoms with van der Waals surface area (Å²) in [5.74, 6) is 1.05. The van der Waals surface area contributed by atoms with Gasteiger partial charge in [0.15, 0.2) is 0 Å². The number of likely N-dealkylation sites (N-methyl/N-ethyl adjacent to an activating group) is 1. The van der Waals surface area contributed by atoms with Crippen molar-refractivity contribution in [1.29, 1.82) is 0 Å². The Morgan fingerprint density at radius 3 is 2.53 bits per heavy atom. The number of hydrogen-bond acceptors (Lipinski definition) is 3. The maximum atomic E-state index is 12.1. The van der Waals surface area contributed by atoms with Crippen LogP contribution in [0.5, 0.6) is 5.75 Å². The highest BCUT2D eigenvalue weighted by Crippen LogP contribution is 2.26. The summed E-state index contributed by atoms with van der Waals surface area (Å²) in [4.78, 5) is 13.9. The van der Waals surface area contributed by atoms with Crippen molar-refractivity contribution >= 4 is 5.91 Å². The largest absolute Gasteiger partial charge is 0.494 e. The van der Waals surface area contributed by atoms with Crippen molar-refractivity contribution in [2.45, 2.75) is 38.9 Å². The molecular formula is C15H22N2O2. The second kappa shape index (κ2) is 6.06. The zero-order valence-electron chi connectivity index (χ0n) is 11.8. The molecule has 2 rings (SSSR count). The van der Waals surface area contributed by atoms with Crippen LogP contribution in [-0.4, -0.2) is 30.5 Å². The van der Waals surface area contributed by atoms with Gasteiger partial charge in [-0.3, -0.25) is 10.1 Å². The standard InChI is InChI=1S/C15H22N2O2/c1-4-6-13-15(18)17(3)14(16-13)11-7-9-12(10-8-11)19-5-2/h7-10,13-14,16H,4-6H2,1-3H3. The molecule has 1 aromatic rings. The molecule has 4 heteroatoms. The predicted molar refractivity (Wildman–Crippen MR) is 75.0 cm³/mol. The average molecular weight is 262 g/mol. The van der Waals surface area contributed by atoms with Gasteiger partial charge in [0.1, 0.15) is 11.9 Å². The monoisotopic (exact) mass is 262 g/mol. The van der Waals surface area contributed by atoms with Gasteiger partial charge >= 0.3 is 0 Å². The van der Waals surface area contributed by atoms with E-state index in [9.17, 15) is 4.79 Å². The first-order valence-electron chi connectivity index (χ1n) is 6.92. The van der Waals surface area contributed by atoms with E-state index in [0.717, 1.165) is 24.2 Å². The van der Waals surface area contributed by atoms with Gasteiger partial charge in [0, 0.05) is 7.05 Å². The summed E-state index contributed by atoms with van der Waals surface area (Å²) in [6.45, 7) is 4.73. The molecular weight excluding hydrogens is 240 g/mol. The van der Waals surface area contributed by atoms with E-state index >= 15 is 0 Å². The summed E-state index contributed by atoms with van der Waals surface area (Å²) in [6, 6.07) is 7.88. The third kappa shape index (κ3) is 2.89. The number of carbonyl (C=O) groups excluding carboxylic acids is 1. The number of benzene rings is 1. The maximum Gasteiger partial charge on any atom is 0.241 e. The normalized spacial score (nSPS) is 22.9. The molecule has 0 bridgehead atoms. The lowest BCUT2D eigenvalue weighted by Gasteiger charge is -2.20. The van der Waals surface area contributed by atoms with Crippen LogP contribution in [0.25, 0.3) is 0 Å². The third-order valence-corrected chi connectivity index (χ3v) is 3.48. The Labute approximate surface area is 114 Å². The van der Waals surface area contributed by atoms with Gasteiger partial charge in [-0.2, -0.15) is 0 Å². The zero-order chi connectivity index (χ0) is 13.8. The maximum absolute atomic E-state index is 12.1. The van der Waals surface area contributed by atoms with Crippen LogP contribution < -0.4 is 10.1 Å². The molecule has 1 aromatic carbocycles. The van der Waals surface area contributed by atoms with Crippen molar-refractivity contribution in [1.82, 2.24) is 10.2 Å². The van der Waals surface area contributed by atoms with E-state index in [1.54, 1.807) is 4.90 Å². The summed E-state index contributed by atoms with van der Waals surface area (Å²) in [5.41, 5.74) is 1.10. The van der Waals surface area contributed by atoms with E-state index in [4.69, 9.17) is 4.74 Å². The topological polar surface area (TPSA) is 41.6 Å². The van der Waals surface area contributed by atoms with E-state index in [-0.39, 0.29) is 18.1 Å². The van der Waals surface area contributed by atoms with Crippen LogP contribution in [0.1, 0.15) is 38.4 Å². The average Bonchev–Trinajstić information content (AvgIpc) is 2.69. The van der Waals surface area contributed by atoms with Gasteiger partial charge in [-0.05, 0) is 31.0 Å². The molecule has 1 N–H and O–H groups in total. The lowest BCUT2D eigenvalue weighted by atomic mass is 10.1. The number of amides is 1. The minimum absolute atomic E-state index is 0.0280. The van der Waals surface area contributed by atoms with Crippen LogP contribution >= 0.6 is 0 Å². The number of nitrogens with zero attached hydrogens (tertiary/aromatic N) is 1. The summed E-state index contributed by atoms with van der Waals surface area (Å²) in [6.07, 6.45) is 1.86. The molecule has 2 unspecified atom stereocenters. The number of nitrogens with one attached hydrogen (secondary N) is 1. The van der Waals surface area contributed by atoms with Gasteiger partial charge in [-0.1, -0.05) is 25.5 Å². The number of hydrogen-bond donors (Lipinski definition) is 1. The van der Waals surface area contributed by atoms with Gasteiger partial charge in [-0.25, -0.2) is 0 Å². The van der Waals surface area contributed by atoms with Gasteiger partial charge in [-0.15, -0.1) is 0 Å². The predicted octanol–water partition coefficient (Wildman–Crippen LogP) is 2.31. The molecule has 1 heterocycles. The lowest BCUT2D eigenvalue weighted by molar-refractivity contribution is -0.128. The fraction of sp³-hybridized carbons (Fsp3) is 0.533. The summed E-state index contributed by atoms with van der Waals surface area (Å²) >= 11 is 0. The van der Waals surface area contributed by atoms with Crippen LogP contribution in [0.2, 0.25) is 0 Å². The Bertz CT molecular complexity index is 430. The van der Waals surface area contributed by atoms with Crippen molar-refractivity contribution in [3.8, 4) is 5.75 Å². The first kappa shape index (κ1) is 13.9. The van der Waals surface area contributed by atoms with Crippen molar-refractivity contribution in [3.63, 3.8) is 0 Å². The molecule has 0 radical (unpaired) electrons. The van der Waals surface area contributed by atoms with Crippen molar-refractivity contribution in [2.75, 3.05) is 13.7 Å². The van der Waals surface area contributed by atoms with E-state index in [1.165, 1.54) is 0 Å². The SMILES string of the molecule is CCCC1NC(c2ccc(OCC)cc2)N(C)C1=O. The number of carbonyl (C=O) groups is 1. The van der Waals surface area contributed by atoms with Gasteiger partial charge in [0.05, 0.1) is 12.6 Å². The molecule has 0 spiro atoms. The zero-order valence-corrected chi connectivity index (χ0v) is 11.8. The number of ether oxygens (including phenoxy) is 1. The molecule has 1 aliphatic heterocycles. The molecule has 0 aliphatic carbocycles. The van der Waals surface area contributed by atoms with Crippen LogP contribution in [0.4, 0.5) is 0 Å². The van der Waals surface area contributed by atoms with Crippen molar-refractivity contribution in [2.24, 2.45) is 0 Å². The second-order valence-corrected chi connectivity index (χ2v) is 4.86. The van der Waals surface area contributed by atoms with Crippen LogP contribution in [0.15, 0.2) is 24.3 Å². The quantitative estimate of drug-likeness (QED) is 0.885. The fourth-order valence-electron chi connectivity index (χ4n) is 2.48. The van der Waals surface area contributed by atoms with Gasteiger partial charge in [0.2, 0.25) is 5.91 Å². The lowest BCUT2D eigenvalue weighted by Crippen LogP contribution is -2.28.